The molecule has 0 fully saturated rings. The molecule has 0 radical (unpaired) electrons. The first-order valence-corrected chi connectivity index (χ1v) is 2.19. The van der Waals surface area contributed by atoms with E-state index in [1.54, 1.807) is 0 Å². The van der Waals surface area contributed by atoms with Gasteiger partial charge >= 0.3 is 5.97 Å². The summed E-state index contributed by atoms with van der Waals surface area (Å²) in [5, 5.41) is 18.8. The predicted octanol–water partition coefficient (Wildman–Crippen LogP) is -1.02. The SMILES string of the molecule is CN/C(C(=O)O)=C(\N)O. The van der Waals surface area contributed by atoms with Crippen molar-refractivity contribution in [2.75, 3.05) is 7.05 Å². The van der Waals surface area contributed by atoms with Crippen LogP contribution >= 0.6 is 0 Å². The summed E-state index contributed by atoms with van der Waals surface area (Å²) in [7, 11) is 1.35. The van der Waals surface area contributed by atoms with Crippen molar-refractivity contribution in [2.45, 2.75) is 0 Å². The van der Waals surface area contributed by atoms with Gasteiger partial charge in [-0.3, -0.25) is 0 Å². The van der Waals surface area contributed by atoms with Crippen LogP contribution in [-0.2, 0) is 4.79 Å². The average molecular weight is 132 g/mol. The van der Waals surface area contributed by atoms with Crippen molar-refractivity contribution in [3.63, 3.8) is 0 Å². The first-order chi connectivity index (χ1) is 4.09. The first-order valence-electron chi connectivity index (χ1n) is 2.19. The molecule has 0 spiro atoms. The molecule has 0 saturated carbocycles. The van der Waals surface area contributed by atoms with E-state index in [1.165, 1.54) is 7.05 Å². The fourth-order valence-electron chi connectivity index (χ4n) is 0.345. The number of carbonyl (C=O) groups is 1. The van der Waals surface area contributed by atoms with E-state index in [2.05, 4.69) is 5.32 Å². The number of nitrogens with two attached hydrogens (primary N) is 1. The maximum Gasteiger partial charge on any atom is 0.357 e. The smallest absolute Gasteiger partial charge is 0.357 e. The molecule has 0 rings (SSSR count). The van der Waals surface area contributed by atoms with Crippen molar-refractivity contribution in [1.29, 1.82) is 0 Å². The molecular weight excluding hydrogens is 124 g/mol. The summed E-state index contributed by atoms with van der Waals surface area (Å²) in [5.74, 6) is -2.00. The van der Waals surface area contributed by atoms with E-state index >= 15 is 0 Å². The van der Waals surface area contributed by atoms with Crippen molar-refractivity contribution in [3.8, 4) is 0 Å². The quantitative estimate of drug-likeness (QED) is 0.285. The number of nitrogens with one attached hydrogen (secondary N) is 1. The van der Waals surface area contributed by atoms with Gasteiger partial charge in [0.25, 0.3) is 0 Å². The molecular formula is C4H8N2O3. The Labute approximate surface area is 51.8 Å². The number of aliphatic hydroxyl groups excluding tert-OH is 1. The molecule has 0 aliphatic heterocycles. The highest BCUT2D eigenvalue weighted by molar-refractivity contribution is 5.86. The Morgan fingerprint density at radius 1 is 1.56 bits per heavy atom. The summed E-state index contributed by atoms with van der Waals surface area (Å²) >= 11 is 0. The maximum atomic E-state index is 10.0. The Hall–Kier alpha value is -1.39. The van der Waals surface area contributed by atoms with E-state index in [0.717, 1.165) is 0 Å². The summed E-state index contributed by atoms with van der Waals surface area (Å²) in [4.78, 5) is 10.0. The molecule has 0 unspecified atom stereocenters. The molecule has 52 valence electrons. The van der Waals surface area contributed by atoms with Gasteiger partial charge in [0, 0.05) is 7.05 Å². The van der Waals surface area contributed by atoms with Crippen molar-refractivity contribution >= 4 is 5.97 Å². The van der Waals surface area contributed by atoms with Crippen molar-refractivity contribution in [2.24, 2.45) is 5.73 Å². The van der Waals surface area contributed by atoms with E-state index in [1.807, 2.05) is 0 Å². The molecule has 0 aliphatic carbocycles. The van der Waals surface area contributed by atoms with Crippen LogP contribution in [-0.4, -0.2) is 23.2 Å². The third kappa shape index (κ3) is 1.89. The second kappa shape index (κ2) is 2.81. The van der Waals surface area contributed by atoms with E-state index in [4.69, 9.17) is 15.9 Å². The molecule has 0 aromatic heterocycles. The minimum absolute atomic E-state index is 0.394. The topological polar surface area (TPSA) is 95.6 Å². The van der Waals surface area contributed by atoms with Crippen LogP contribution in [0.2, 0.25) is 0 Å². The lowest BCUT2D eigenvalue weighted by molar-refractivity contribution is -0.133. The molecule has 0 atom stereocenters. The molecule has 0 amide bonds. The van der Waals surface area contributed by atoms with Gasteiger partial charge in [-0.15, -0.1) is 0 Å². The zero-order valence-electron chi connectivity index (χ0n) is 4.88. The maximum absolute atomic E-state index is 10.0. The Bertz CT molecular complexity index is 148. The number of hydrogen-bond acceptors (Lipinski definition) is 4. The summed E-state index contributed by atoms with van der Waals surface area (Å²) in [5.41, 5.74) is 4.35. The fourth-order valence-corrected chi connectivity index (χ4v) is 0.345. The number of rotatable bonds is 2. The predicted molar refractivity (Wildman–Crippen MR) is 30.5 cm³/mol. The summed E-state index contributed by atoms with van der Waals surface area (Å²) < 4.78 is 0. The molecule has 5 heteroatoms. The number of carboxylic acid groups (broad SMARTS) is 1. The van der Waals surface area contributed by atoms with Gasteiger partial charge in [0.05, 0.1) is 0 Å². The van der Waals surface area contributed by atoms with Gasteiger partial charge in [0.2, 0.25) is 5.88 Å². The van der Waals surface area contributed by atoms with Gasteiger partial charge in [-0.2, -0.15) is 0 Å². The molecule has 0 saturated heterocycles. The van der Waals surface area contributed by atoms with Crippen LogP contribution in [0.15, 0.2) is 11.6 Å². The molecule has 0 bridgehead atoms. The van der Waals surface area contributed by atoms with Gasteiger partial charge in [0.1, 0.15) is 0 Å². The van der Waals surface area contributed by atoms with Gasteiger partial charge in [-0.25, -0.2) is 4.79 Å². The third-order valence-electron chi connectivity index (χ3n) is 0.720. The van der Waals surface area contributed by atoms with Crippen LogP contribution < -0.4 is 11.1 Å². The van der Waals surface area contributed by atoms with Crippen LogP contribution in [0.3, 0.4) is 0 Å². The highest BCUT2D eigenvalue weighted by Gasteiger charge is 2.07. The second-order valence-corrected chi connectivity index (χ2v) is 1.32. The minimum Gasteiger partial charge on any atom is -0.493 e. The van der Waals surface area contributed by atoms with Gasteiger partial charge in [-0.05, 0) is 0 Å². The zero-order valence-corrected chi connectivity index (χ0v) is 4.88. The van der Waals surface area contributed by atoms with E-state index in [-0.39, 0.29) is 0 Å². The van der Waals surface area contributed by atoms with Crippen LogP contribution in [0.5, 0.6) is 0 Å². The van der Waals surface area contributed by atoms with E-state index in [9.17, 15) is 4.79 Å². The second-order valence-electron chi connectivity index (χ2n) is 1.32. The molecule has 5 N–H and O–H groups in total. The van der Waals surface area contributed by atoms with Gasteiger partial charge in [-0.1, -0.05) is 0 Å². The van der Waals surface area contributed by atoms with Crippen LogP contribution in [0.4, 0.5) is 0 Å². The first kappa shape index (κ1) is 7.61. The average Bonchev–Trinajstić information content (AvgIpc) is 1.64. The summed E-state index contributed by atoms with van der Waals surface area (Å²) in [6.45, 7) is 0. The highest BCUT2D eigenvalue weighted by Crippen LogP contribution is 1.88. The molecule has 0 aromatic rings. The van der Waals surface area contributed by atoms with Crippen molar-refractivity contribution < 1.29 is 15.0 Å². The lowest BCUT2D eigenvalue weighted by atomic mass is 10.4. The molecule has 0 aliphatic rings. The zero-order chi connectivity index (χ0) is 7.44. The standard InChI is InChI=1S/C4H8N2O3/c1-6-2(3(5)7)4(8)9/h6-7H,5H2,1H3,(H,8,9)/b3-2+. The lowest BCUT2D eigenvalue weighted by Gasteiger charge is -1.99. The lowest BCUT2D eigenvalue weighted by Crippen LogP contribution is -2.21. The minimum atomic E-state index is -1.28. The monoisotopic (exact) mass is 132 g/mol. The number of carboxylic acids is 1. The van der Waals surface area contributed by atoms with Crippen molar-refractivity contribution in [1.82, 2.24) is 5.32 Å². The number of likely N-dealkylation sites (N-methyl/N-ethyl adjacent to an activating group) is 1. The molecule has 0 aromatic carbocycles. The highest BCUT2D eigenvalue weighted by atomic mass is 16.4. The third-order valence-corrected chi connectivity index (χ3v) is 0.720. The van der Waals surface area contributed by atoms with Crippen LogP contribution in [0, 0.1) is 0 Å². The van der Waals surface area contributed by atoms with Gasteiger partial charge < -0.3 is 21.3 Å². The fraction of sp³-hybridized carbons (Fsp3) is 0.250. The van der Waals surface area contributed by atoms with Crippen molar-refractivity contribution in [3.05, 3.63) is 11.6 Å². The normalized spacial score (nSPS) is 12.1. The Morgan fingerprint density at radius 2 is 2.00 bits per heavy atom. The van der Waals surface area contributed by atoms with E-state index in [0.29, 0.717) is 0 Å². The number of aliphatic hydroxyl groups is 1. The van der Waals surface area contributed by atoms with Crippen LogP contribution in [0.25, 0.3) is 0 Å². The summed E-state index contributed by atoms with van der Waals surface area (Å²) in [6, 6.07) is 0. The summed E-state index contributed by atoms with van der Waals surface area (Å²) in [6.07, 6.45) is 0. The Balaban J connectivity index is 4.35. The number of hydrogen-bond donors (Lipinski definition) is 4. The van der Waals surface area contributed by atoms with Gasteiger partial charge in [0.15, 0.2) is 5.70 Å². The molecule has 5 nitrogen and oxygen atoms in total. The Morgan fingerprint density at radius 3 is 2.00 bits per heavy atom. The molecule has 9 heavy (non-hydrogen) atoms. The molecule has 0 heterocycles. The largest absolute Gasteiger partial charge is 0.493 e. The van der Waals surface area contributed by atoms with E-state index < -0.39 is 17.5 Å². The van der Waals surface area contributed by atoms with Crippen LogP contribution in [0.1, 0.15) is 0 Å². The number of aliphatic carboxylic acids is 1. The Kier molecular flexibility index (Phi) is 2.37.